The smallest absolute Gasteiger partial charge is 0.272 e. The number of ether oxygens (including phenoxy) is 1. The summed E-state index contributed by atoms with van der Waals surface area (Å²) in [6.45, 7) is 1.92. The zero-order chi connectivity index (χ0) is 23.2. The number of nitrogens with zero attached hydrogens (tertiary/aromatic N) is 4. The van der Waals surface area contributed by atoms with Gasteiger partial charge in [-0.1, -0.05) is 36.4 Å². The molecule has 0 saturated heterocycles. The standard InChI is InChI=1S/C26H28N4O2S/c1-28(2)15-16-29(19-20-8-5-4-6-9-20)26(31)24-18-23(25-10-7-17-33-25)27-30(24)21-11-13-22(32-3)14-12-21/h4-14,17-18H,15-16,19H2,1-3H3. The summed E-state index contributed by atoms with van der Waals surface area (Å²) in [5, 5.41) is 6.83. The molecule has 2 aromatic heterocycles. The number of carbonyl (C=O) groups is 1. The van der Waals surface area contributed by atoms with Gasteiger partial charge >= 0.3 is 0 Å². The number of benzene rings is 2. The summed E-state index contributed by atoms with van der Waals surface area (Å²) in [6.07, 6.45) is 0. The topological polar surface area (TPSA) is 50.6 Å². The lowest BCUT2D eigenvalue weighted by Crippen LogP contribution is -2.37. The third-order valence-corrected chi connectivity index (χ3v) is 6.23. The molecule has 4 rings (SSSR count). The molecule has 0 aliphatic carbocycles. The lowest BCUT2D eigenvalue weighted by molar-refractivity contribution is 0.0722. The maximum atomic E-state index is 13.9. The van der Waals surface area contributed by atoms with Crippen molar-refractivity contribution >= 4 is 17.2 Å². The molecule has 0 N–H and O–H groups in total. The van der Waals surface area contributed by atoms with Crippen LogP contribution in [0.25, 0.3) is 16.3 Å². The average molecular weight is 461 g/mol. The van der Waals surface area contributed by atoms with Crippen LogP contribution in [0.15, 0.2) is 78.2 Å². The van der Waals surface area contributed by atoms with Crippen molar-refractivity contribution < 1.29 is 9.53 Å². The number of carbonyl (C=O) groups excluding carboxylic acids is 1. The number of aromatic nitrogens is 2. The number of rotatable bonds is 9. The molecule has 0 aliphatic rings. The molecule has 4 aromatic rings. The summed E-state index contributed by atoms with van der Waals surface area (Å²) in [4.78, 5) is 18.9. The van der Waals surface area contributed by atoms with E-state index in [2.05, 4.69) is 4.90 Å². The van der Waals surface area contributed by atoms with E-state index in [4.69, 9.17) is 9.84 Å². The van der Waals surface area contributed by atoms with E-state index in [0.29, 0.717) is 18.8 Å². The zero-order valence-corrected chi connectivity index (χ0v) is 20.0. The predicted octanol–water partition coefficient (Wildman–Crippen LogP) is 4.81. The second kappa shape index (κ2) is 10.5. The normalized spacial score (nSPS) is 11.0. The van der Waals surface area contributed by atoms with E-state index < -0.39 is 0 Å². The lowest BCUT2D eigenvalue weighted by atomic mass is 10.2. The molecule has 0 bridgehead atoms. The summed E-state index contributed by atoms with van der Waals surface area (Å²) < 4.78 is 7.04. The Bertz CT molecular complexity index is 1170. The number of thiophene rings is 1. The van der Waals surface area contributed by atoms with Gasteiger partial charge in [-0.25, -0.2) is 4.68 Å². The average Bonchev–Trinajstić information content (AvgIpc) is 3.52. The Morgan fingerprint density at radius 3 is 2.39 bits per heavy atom. The number of methoxy groups -OCH3 is 1. The predicted molar refractivity (Wildman–Crippen MR) is 133 cm³/mol. The Balaban J connectivity index is 1.73. The summed E-state index contributed by atoms with van der Waals surface area (Å²) in [5.74, 6) is 0.709. The van der Waals surface area contributed by atoms with Crippen LogP contribution in [0.5, 0.6) is 5.75 Å². The lowest BCUT2D eigenvalue weighted by Gasteiger charge is -2.25. The number of amides is 1. The Morgan fingerprint density at radius 2 is 1.76 bits per heavy atom. The molecule has 0 atom stereocenters. The molecular weight excluding hydrogens is 432 g/mol. The van der Waals surface area contributed by atoms with Crippen LogP contribution in [0.2, 0.25) is 0 Å². The van der Waals surface area contributed by atoms with E-state index in [1.165, 1.54) is 0 Å². The summed E-state index contributed by atoms with van der Waals surface area (Å²) >= 11 is 1.61. The number of likely N-dealkylation sites (N-methyl/N-ethyl adjacent to an activating group) is 1. The molecule has 0 radical (unpaired) electrons. The van der Waals surface area contributed by atoms with Crippen molar-refractivity contribution in [2.45, 2.75) is 6.54 Å². The fourth-order valence-corrected chi connectivity index (χ4v) is 4.22. The van der Waals surface area contributed by atoms with Crippen LogP contribution in [0, 0.1) is 0 Å². The van der Waals surface area contributed by atoms with Gasteiger partial charge in [0.25, 0.3) is 5.91 Å². The van der Waals surface area contributed by atoms with Crippen LogP contribution in [0.3, 0.4) is 0 Å². The highest BCUT2D eigenvalue weighted by atomic mass is 32.1. The van der Waals surface area contributed by atoms with E-state index >= 15 is 0 Å². The first-order chi connectivity index (χ1) is 16.0. The van der Waals surface area contributed by atoms with Crippen LogP contribution in [0.1, 0.15) is 16.1 Å². The van der Waals surface area contributed by atoms with Gasteiger partial charge in [0.1, 0.15) is 17.1 Å². The largest absolute Gasteiger partial charge is 0.497 e. The molecule has 2 heterocycles. The molecule has 0 fully saturated rings. The maximum absolute atomic E-state index is 13.9. The van der Waals surface area contributed by atoms with Crippen molar-refractivity contribution in [1.82, 2.24) is 19.6 Å². The highest BCUT2D eigenvalue weighted by Gasteiger charge is 2.23. The summed E-state index contributed by atoms with van der Waals surface area (Å²) in [6, 6.07) is 23.6. The van der Waals surface area contributed by atoms with E-state index in [1.54, 1.807) is 23.1 Å². The van der Waals surface area contributed by atoms with Crippen molar-refractivity contribution in [2.75, 3.05) is 34.3 Å². The van der Waals surface area contributed by atoms with Crippen molar-refractivity contribution in [2.24, 2.45) is 0 Å². The van der Waals surface area contributed by atoms with Crippen LogP contribution in [-0.4, -0.2) is 59.8 Å². The minimum absolute atomic E-state index is 0.0492. The SMILES string of the molecule is COc1ccc(-n2nc(-c3cccs3)cc2C(=O)N(CCN(C)C)Cc2ccccc2)cc1. The maximum Gasteiger partial charge on any atom is 0.272 e. The van der Waals surface area contributed by atoms with E-state index in [1.807, 2.05) is 97.2 Å². The van der Waals surface area contributed by atoms with Crippen molar-refractivity contribution in [3.63, 3.8) is 0 Å². The molecule has 6 nitrogen and oxygen atoms in total. The number of hydrogen-bond acceptors (Lipinski definition) is 5. The highest BCUT2D eigenvalue weighted by molar-refractivity contribution is 7.13. The quantitative estimate of drug-likeness (QED) is 0.360. The van der Waals surface area contributed by atoms with Gasteiger partial charge < -0.3 is 14.5 Å². The monoisotopic (exact) mass is 460 g/mol. The Morgan fingerprint density at radius 1 is 1.00 bits per heavy atom. The first-order valence-corrected chi connectivity index (χ1v) is 11.7. The third-order valence-electron chi connectivity index (χ3n) is 5.34. The fraction of sp³-hybridized carbons (Fsp3) is 0.231. The molecule has 2 aromatic carbocycles. The molecule has 33 heavy (non-hydrogen) atoms. The summed E-state index contributed by atoms with van der Waals surface area (Å²) in [5.41, 5.74) is 3.24. The van der Waals surface area contributed by atoms with Gasteiger partial charge in [0, 0.05) is 19.6 Å². The first kappa shape index (κ1) is 22.8. The highest BCUT2D eigenvalue weighted by Crippen LogP contribution is 2.27. The third kappa shape index (κ3) is 5.50. The Labute approximate surface area is 198 Å². The van der Waals surface area contributed by atoms with Gasteiger partial charge in [-0.05, 0) is 61.4 Å². The first-order valence-electron chi connectivity index (χ1n) is 10.8. The van der Waals surface area contributed by atoms with Crippen LogP contribution >= 0.6 is 11.3 Å². The molecule has 0 saturated carbocycles. The van der Waals surface area contributed by atoms with E-state index in [-0.39, 0.29) is 5.91 Å². The fourth-order valence-electron chi connectivity index (χ4n) is 3.54. The van der Waals surface area contributed by atoms with Gasteiger partial charge in [-0.15, -0.1) is 11.3 Å². The summed E-state index contributed by atoms with van der Waals surface area (Å²) in [7, 11) is 5.67. The van der Waals surface area contributed by atoms with Crippen LogP contribution < -0.4 is 4.74 Å². The molecule has 170 valence electrons. The minimum atomic E-state index is -0.0492. The van der Waals surface area contributed by atoms with E-state index in [9.17, 15) is 4.79 Å². The van der Waals surface area contributed by atoms with Crippen molar-refractivity contribution in [3.05, 3.63) is 89.4 Å². The molecular formula is C26H28N4O2S. The van der Waals surface area contributed by atoms with Gasteiger partial charge in [0.15, 0.2) is 0 Å². The van der Waals surface area contributed by atoms with Crippen molar-refractivity contribution in [1.29, 1.82) is 0 Å². The molecule has 1 amide bonds. The van der Waals surface area contributed by atoms with Crippen molar-refractivity contribution in [3.8, 4) is 22.0 Å². The molecule has 7 heteroatoms. The molecule has 0 spiro atoms. The van der Waals surface area contributed by atoms with Gasteiger partial charge in [0.05, 0.1) is 17.7 Å². The van der Waals surface area contributed by atoms with Crippen LogP contribution in [-0.2, 0) is 6.54 Å². The van der Waals surface area contributed by atoms with Crippen LogP contribution in [0.4, 0.5) is 0 Å². The van der Waals surface area contributed by atoms with E-state index in [0.717, 1.165) is 34.1 Å². The Kier molecular flexibility index (Phi) is 7.22. The Hall–Kier alpha value is -3.42. The van der Waals surface area contributed by atoms with Gasteiger partial charge in [-0.3, -0.25) is 4.79 Å². The van der Waals surface area contributed by atoms with Gasteiger partial charge in [-0.2, -0.15) is 5.10 Å². The van der Waals surface area contributed by atoms with Gasteiger partial charge in [0.2, 0.25) is 0 Å². The molecule has 0 unspecified atom stereocenters. The zero-order valence-electron chi connectivity index (χ0n) is 19.1. The molecule has 0 aliphatic heterocycles. The number of hydrogen-bond donors (Lipinski definition) is 0. The minimum Gasteiger partial charge on any atom is -0.497 e. The second-order valence-electron chi connectivity index (χ2n) is 8.02. The second-order valence-corrected chi connectivity index (χ2v) is 8.97.